The Balaban J connectivity index is 3.85. The molecule has 4 heteroatoms. The minimum Gasteiger partial charge on any atom is -0.507 e. The molecule has 136 valence electrons. The average molecular weight is 365 g/mol. The Hall–Kier alpha value is -0.876. The third-order valence-electron chi connectivity index (χ3n) is 6.61. The Kier molecular flexibility index (Phi) is 5.41. The summed E-state index contributed by atoms with van der Waals surface area (Å²) in [6.45, 7) is 24.5. The second kappa shape index (κ2) is 6.13. The van der Waals surface area contributed by atoms with Crippen LogP contribution in [0.5, 0.6) is 5.75 Å². The molecule has 0 aromatic heterocycles. The van der Waals surface area contributed by atoms with Crippen molar-refractivity contribution < 1.29 is 9.90 Å². The highest BCUT2D eigenvalue weighted by atomic mass is 28.3. The van der Waals surface area contributed by atoms with Gasteiger partial charge in [0.1, 0.15) is 5.75 Å². The molecule has 0 saturated carbocycles. The molecule has 0 saturated heterocycles. The molecular formula is C20H36O2Si2. The van der Waals surface area contributed by atoms with Crippen LogP contribution in [0.2, 0.25) is 36.3 Å². The predicted octanol–water partition coefficient (Wildman–Crippen LogP) is 5.03. The van der Waals surface area contributed by atoms with Crippen molar-refractivity contribution >= 4 is 32.3 Å². The SMILES string of the molecule is CC(=O)c1c(O)cc([Si](C)(C)C(C)(C)C)cc1[Si](C)(C)C(C)(C)C. The standard InChI is InChI=1S/C20H36O2Si2/c1-14(21)18-16(22)12-15(23(8,9)19(2,3)4)13-17(18)24(10,11)20(5,6)7/h12-13,22H,1-11H3. The van der Waals surface area contributed by atoms with Crippen LogP contribution in [-0.4, -0.2) is 27.0 Å². The molecule has 0 fully saturated rings. The Labute approximate surface area is 150 Å². The number of hydrogen-bond donors (Lipinski definition) is 1. The Morgan fingerprint density at radius 2 is 1.29 bits per heavy atom. The van der Waals surface area contributed by atoms with Crippen LogP contribution in [0, 0.1) is 0 Å². The van der Waals surface area contributed by atoms with Gasteiger partial charge in [0.05, 0.1) is 21.7 Å². The van der Waals surface area contributed by atoms with E-state index in [2.05, 4.69) is 73.8 Å². The van der Waals surface area contributed by atoms with E-state index in [-0.39, 0.29) is 21.6 Å². The minimum atomic E-state index is -1.95. The van der Waals surface area contributed by atoms with Crippen molar-refractivity contribution in [3.8, 4) is 5.75 Å². The van der Waals surface area contributed by atoms with E-state index in [0.717, 1.165) is 5.19 Å². The number of rotatable bonds is 3. The Bertz CT molecular complexity index is 645. The molecule has 0 aliphatic carbocycles. The third-order valence-corrected chi connectivity index (χ3v) is 17.6. The van der Waals surface area contributed by atoms with Crippen LogP contribution in [0.3, 0.4) is 0 Å². The molecule has 1 rings (SSSR count). The molecule has 0 bridgehead atoms. The van der Waals surface area contributed by atoms with Gasteiger partial charge in [0, 0.05) is 0 Å². The molecule has 2 nitrogen and oxygen atoms in total. The molecule has 0 aliphatic rings. The monoisotopic (exact) mass is 364 g/mol. The molecule has 0 amide bonds. The van der Waals surface area contributed by atoms with Gasteiger partial charge in [0.15, 0.2) is 5.78 Å². The summed E-state index contributed by atoms with van der Waals surface area (Å²) >= 11 is 0. The highest BCUT2D eigenvalue weighted by Gasteiger charge is 2.43. The van der Waals surface area contributed by atoms with Gasteiger partial charge in [0.2, 0.25) is 0 Å². The first-order valence-corrected chi connectivity index (χ1v) is 14.8. The maximum absolute atomic E-state index is 12.3. The number of hydrogen-bond acceptors (Lipinski definition) is 2. The summed E-state index contributed by atoms with van der Waals surface area (Å²) in [6.07, 6.45) is 0. The lowest BCUT2D eigenvalue weighted by Crippen LogP contribution is -2.56. The fourth-order valence-corrected chi connectivity index (χ4v) is 6.95. The second-order valence-electron chi connectivity index (χ2n) is 10.2. The van der Waals surface area contributed by atoms with Crippen molar-refractivity contribution in [3.63, 3.8) is 0 Å². The predicted molar refractivity (Wildman–Crippen MR) is 112 cm³/mol. The van der Waals surface area contributed by atoms with E-state index in [0.29, 0.717) is 5.56 Å². The van der Waals surface area contributed by atoms with Crippen molar-refractivity contribution in [2.45, 2.75) is 84.7 Å². The number of phenolic OH excluding ortho intramolecular Hbond substituents is 1. The van der Waals surface area contributed by atoms with Crippen LogP contribution in [0.4, 0.5) is 0 Å². The number of carbonyl (C=O) groups is 1. The van der Waals surface area contributed by atoms with E-state index in [4.69, 9.17) is 0 Å². The van der Waals surface area contributed by atoms with Gasteiger partial charge >= 0.3 is 0 Å². The maximum atomic E-state index is 12.3. The maximum Gasteiger partial charge on any atom is 0.163 e. The summed E-state index contributed by atoms with van der Waals surface area (Å²) in [5, 5.41) is 13.4. The normalized spacial score (nSPS) is 14.0. The molecule has 0 unspecified atom stereocenters. The highest BCUT2D eigenvalue weighted by molar-refractivity contribution is 6.95. The first-order valence-electron chi connectivity index (χ1n) is 8.83. The van der Waals surface area contributed by atoms with Crippen molar-refractivity contribution in [3.05, 3.63) is 17.7 Å². The Morgan fingerprint density at radius 1 is 0.875 bits per heavy atom. The molecule has 0 aliphatic heterocycles. The molecule has 24 heavy (non-hydrogen) atoms. The first kappa shape index (κ1) is 21.2. The minimum absolute atomic E-state index is 0.0332. The first-order chi connectivity index (χ1) is 10.4. The fourth-order valence-electron chi connectivity index (χ4n) is 2.69. The Morgan fingerprint density at radius 3 is 1.62 bits per heavy atom. The zero-order valence-electron chi connectivity index (χ0n) is 17.5. The number of Topliss-reactive ketones (excluding diaryl/α,β-unsaturated/α-hetero) is 1. The summed E-state index contributed by atoms with van der Waals surface area (Å²) in [5.74, 6) is 0.138. The smallest absolute Gasteiger partial charge is 0.163 e. The van der Waals surface area contributed by atoms with Gasteiger partial charge in [-0.15, -0.1) is 0 Å². The third kappa shape index (κ3) is 3.54. The molecule has 0 heterocycles. The zero-order chi connectivity index (χ0) is 19.3. The molecule has 0 atom stereocenters. The van der Waals surface area contributed by atoms with Gasteiger partial charge in [-0.3, -0.25) is 4.79 Å². The number of benzene rings is 1. The summed E-state index contributed by atoms with van der Waals surface area (Å²) in [4.78, 5) is 12.3. The average Bonchev–Trinajstić information content (AvgIpc) is 2.34. The summed E-state index contributed by atoms with van der Waals surface area (Å²) in [5.41, 5.74) is 0.545. The van der Waals surface area contributed by atoms with Crippen LogP contribution in [0.15, 0.2) is 12.1 Å². The van der Waals surface area contributed by atoms with Gasteiger partial charge in [-0.1, -0.05) is 79.0 Å². The molecular weight excluding hydrogens is 328 g/mol. The van der Waals surface area contributed by atoms with Crippen LogP contribution in [0.25, 0.3) is 0 Å². The number of aromatic hydroxyl groups is 1. The van der Waals surface area contributed by atoms with Gasteiger partial charge < -0.3 is 5.11 Å². The van der Waals surface area contributed by atoms with E-state index in [9.17, 15) is 9.90 Å². The lowest BCUT2D eigenvalue weighted by atomic mass is 10.1. The van der Waals surface area contributed by atoms with E-state index in [1.54, 1.807) is 6.92 Å². The molecule has 1 N–H and O–H groups in total. The lowest BCUT2D eigenvalue weighted by molar-refractivity contribution is 0.101. The summed E-state index contributed by atoms with van der Waals surface area (Å²) in [7, 11) is -3.74. The fraction of sp³-hybridized carbons (Fsp3) is 0.650. The van der Waals surface area contributed by atoms with Crippen LogP contribution >= 0.6 is 0 Å². The summed E-state index contributed by atoms with van der Waals surface area (Å²) < 4.78 is 0. The molecule has 1 aromatic carbocycles. The van der Waals surface area contributed by atoms with E-state index >= 15 is 0 Å². The number of carbonyl (C=O) groups excluding carboxylic acids is 1. The lowest BCUT2D eigenvalue weighted by Gasteiger charge is -2.41. The molecule has 1 aromatic rings. The van der Waals surface area contributed by atoms with Crippen LogP contribution in [-0.2, 0) is 0 Å². The van der Waals surface area contributed by atoms with Crippen LogP contribution in [0.1, 0.15) is 58.8 Å². The van der Waals surface area contributed by atoms with Gasteiger partial charge in [-0.25, -0.2) is 0 Å². The van der Waals surface area contributed by atoms with Gasteiger partial charge in [-0.05, 0) is 28.3 Å². The van der Waals surface area contributed by atoms with E-state index < -0.39 is 16.1 Å². The highest BCUT2D eigenvalue weighted by Crippen LogP contribution is 2.39. The van der Waals surface area contributed by atoms with Crippen molar-refractivity contribution in [1.29, 1.82) is 0 Å². The van der Waals surface area contributed by atoms with Gasteiger partial charge in [-0.2, -0.15) is 0 Å². The van der Waals surface area contributed by atoms with Crippen LogP contribution < -0.4 is 10.4 Å². The van der Waals surface area contributed by atoms with E-state index in [1.807, 2.05) is 6.07 Å². The van der Waals surface area contributed by atoms with E-state index in [1.165, 1.54) is 5.19 Å². The largest absolute Gasteiger partial charge is 0.507 e. The van der Waals surface area contributed by atoms with Crippen molar-refractivity contribution in [2.75, 3.05) is 0 Å². The molecule has 0 radical (unpaired) electrons. The number of phenols is 1. The summed E-state index contributed by atoms with van der Waals surface area (Å²) in [6, 6.07) is 4.14. The van der Waals surface area contributed by atoms with Gasteiger partial charge in [0.25, 0.3) is 0 Å². The quantitative estimate of drug-likeness (QED) is 0.603. The topological polar surface area (TPSA) is 37.3 Å². The second-order valence-corrected chi connectivity index (χ2v) is 20.8. The zero-order valence-corrected chi connectivity index (χ0v) is 19.5. The van der Waals surface area contributed by atoms with Crippen molar-refractivity contribution in [1.82, 2.24) is 0 Å². The number of ketones is 1. The van der Waals surface area contributed by atoms with Crippen molar-refractivity contribution in [2.24, 2.45) is 0 Å². The molecule has 0 spiro atoms.